The second kappa shape index (κ2) is 9.77. The molecule has 1 amide bonds. The Balaban J connectivity index is 1.37. The number of alkyl halides is 3. The minimum absolute atomic E-state index is 0.186. The summed E-state index contributed by atoms with van der Waals surface area (Å²) in [6.07, 6.45) is -0.649. The van der Waals surface area contributed by atoms with Crippen LogP contribution in [0.25, 0.3) is 0 Å². The van der Waals surface area contributed by atoms with Crippen LogP contribution in [0.5, 0.6) is 0 Å². The number of amides is 1. The van der Waals surface area contributed by atoms with Crippen molar-refractivity contribution in [2.45, 2.75) is 82.5 Å². The van der Waals surface area contributed by atoms with Gasteiger partial charge in [0, 0.05) is 43.3 Å². The van der Waals surface area contributed by atoms with E-state index in [1.807, 2.05) is 13.8 Å². The lowest BCUT2D eigenvalue weighted by molar-refractivity contribution is -0.140. The van der Waals surface area contributed by atoms with Gasteiger partial charge in [-0.15, -0.1) is 0 Å². The fourth-order valence-corrected chi connectivity index (χ4v) is 6.53. The molecule has 1 aliphatic carbocycles. The van der Waals surface area contributed by atoms with Crippen molar-refractivity contribution < 1.29 is 22.4 Å². The van der Waals surface area contributed by atoms with E-state index in [1.54, 1.807) is 11.2 Å². The molecule has 0 saturated carbocycles. The maximum Gasteiger partial charge on any atom is 0.419 e. The van der Waals surface area contributed by atoms with E-state index in [0.717, 1.165) is 36.5 Å². The molecule has 6 nitrogen and oxygen atoms in total. The molecule has 2 aliphatic heterocycles. The minimum atomic E-state index is -4.79. The third-order valence-corrected chi connectivity index (χ3v) is 8.43. The van der Waals surface area contributed by atoms with Gasteiger partial charge in [0.1, 0.15) is 18.0 Å². The third kappa shape index (κ3) is 4.99. The molecule has 10 heteroatoms. The number of fused-ring (bicyclic) bond motifs is 1. The first-order chi connectivity index (χ1) is 17.9. The van der Waals surface area contributed by atoms with Crippen molar-refractivity contribution in [3.8, 4) is 0 Å². The standard InChI is InChI=1S/C28H35F4N5O/c1-16-13-17(2)24-22(16)25(34-15-33-24)36-9-11-37(12-10-36)26(38)23(21-7-8-27(3,4)35-21)18-5-6-19(20(29)14-18)28(30,31)32/h5-6,14-17,21,23,35H,7-13H2,1-4H3/t16-,17+,21+,23+/m1/s1. The monoisotopic (exact) mass is 533 g/mol. The molecule has 5 rings (SSSR count). The Bertz CT molecular complexity index is 1210. The lowest BCUT2D eigenvalue weighted by atomic mass is 9.88. The van der Waals surface area contributed by atoms with Crippen molar-refractivity contribution in [2.24, 2.45) is 0 Å². The van der Waals surface area contributed by atoms with Crippen molar-refractivity contribution in [3.63, 3.8) is 0 Å². The smallest absolute Gasteiger partial charge is 0.353 e. The Kier molecular flexibility index (Phi) is 6.90. The van der Waals surface area contributed by atoms with Crippen molar-refractivity contribution in [2.75, 3.05) is 31.1 Å². The topological polar surface area (TPSA) is 61.4 Å². The minimum Gasteiger partial charge on any atom is -0.353 e. The molecule has 4 atom stereocenters. The molecule has 2 fully saturated rings. The number of nitrogens with one attached hydrogen (secondary N) is 1. The third-order valence-electron chi connectivity index (χ3n) is 8.43. The molecule has 1 aromatic carbocycles. The largest absolute Gasteiger partial charge is 0.419 e. The predicted molar refractivity (Wildman–Crippen MR) is 137 cm³/mol. The number of piperazine rings is 1. The van der Waals surface area contributed by atoms with E-state index in [9.17, 15) is 22.4 Å². The second-order valence-electron chi connectivity index (χ2n) is 11.7. The van der Waals surface area contributed by atoms with E-state index >= 15 is 0 Å². The second-order valence-corrected chi connectivity index (χ2v) is 11.7. The van der Waals surface area contributed by atoms with Gasteiger partial charge in [-0.05, 0) is 62.6 Å². The molecule has 206 valence electrons. The van der Waals surface area contributed by atoms with E-state index < -0.39 is 23.5 Å². The molecule has 38 heavy (non-hydrogen) atoms. The SMILES string of the molecule is C[C@@H]1C[C@H](C)c2ncnc(N3CCN(C(=O)[C@@H](c4ccc(C(F)(F)F)c(F)c4)[C@@H]4CCC(C)(C)N4)CC3)c21. The maximum atomic E-state index is 14.6. The lowest BCUT2D eigenvalue weighted by Gasteiger charge is -2.39. The lowest BCUT2D eigenvalue weighted by Crippen LogP contribution is -2.53. The van der Waals surface area contributed by atoms with Crippen molar-refractivity contribution in [3.05, 3.63) is 52.7 Å². The van der Waals surface area contributed by atoms with Crippen LogP contribution in [0.2, 0.25) is 0 Å². The number of rotatable bonds is 4. The number of anilines is 1. The van der Waals surface area contributed by atoms with Gasteiger partial charge >= 0.3 is 6.18 Å². The van der Waals surface area contributed by atoms with Crippen LogP contribution in [0.1, 0.15) is 87.1 Å². The van der Waals surface area contributed by atoms with Crippen LogP contribution in [0.3, 0.4) is 0 Å². The van der Waals surface area contributed by atoms with Crippen molar-refractivity contribution >= 4 is 11.7 Å². The predicted octanol–water partition coefficient (Wildman–Crippen LogP) is 5.21. The van der Waals surface area contributed by atoms with Crippen LogP contribution in [0.4, 0.5) is 23.4 Å². The summed E-state index contributed by atoms with van der Waals surface area (Å²) in [7, 11) is 0. The Morgan fingerprint density at radius 3 is 2.42 bits per heavy atom. The molecule has 0 unspecified atom stereocenters. The van der Waals surface area contributed by atoms with Gasteiger partial charge in [-0.1, -0.05) is 19.9 Å². The van der Waals surface area contributed by atoms with Gasteiger partial charge < -0.3 is 15.1 Å². The number of carbonyl (C=O) groups excluding carboxylic acids is 1. The number of hydrogen-bond acceptors (Lipinski definition) is 5. The van der Waals surface area contributed by atoms with Gasteiger partial charge in [-0.2, -0.15) is 13.2 Å². The van der Waals surface area contributed by atoms with Gasteiger partial charge in [0.05, 0.1) is 17.2 Å². The summed E-state index contributed by atoms with van der Waals surface area (Å²) in [5.74, 6) is -0.627. The molecule has 0 bridgehead atoms. The normalized spacial score (nSPS) is 25.9. The number of aromatic nitrogens is 2. The molecule has 2 saturated heterocycles. The van der Waals surface area contributed by atoms with Gasteiger partial charge in [-0.25, -0.2) is 14.4 Å². The quantitative estimate of drug-likeness (QED) is 0.547. The highest BCUT2D eigenvalue weighted by molar-refractivity contribution is 5.85. The highest BCUT2D eigenvalue weighted by Crippen LogP contribution is 2.44. The average Bonchev–Trinajstić information content (AvgIpc) is 3.36. The molecule has 3 aliphatic rings. The molecule has 0 radical (unpaired) electrons. The molecular weight excluding hydrogens is 498 g/mol. The van der Waals surface area contributed by atoms with Crippen LogP contribution in [0.15, 0.2) is 24.5 Å². The molecule has 1 N–H and O–H groups in total. The first-order valence-corrected chi connectivity index (χ1v) is 13.4. The first kappa shape index (κ1) is 26.8. The van der Waals surface area contributed by atoms with Crippen molar-refractivity contribution in [1.29, 1.82) is 0 Å². The average molecular weight is 534 g/mol. The zero-order valence-corrected chi connectivity index (χ0v) is 22.3. The molecular formula is C28H35F4N5O. The van der Waals surface area contributed by atoms with E-state index in [1.165, 1.54) is 11.6 Å². The fourth-order valence-electron chi connectivity index (χ4n) is 6.53. The van der Waals surface area contributed by atoms with Crippen LogP contribution >= 0.6 is 0 Å². The fraction of sp³-hybridized carbons (Fsp3) is 0.607. The summed E-state index contributed by atoms with van der Waals surface area (Å²) >= 11 is 0. The van der Waals surface area contributed by atoms with Gasteiger partial charge in [-0.3, -0.25) is 4.79 Å². The molecule has 1 aromatic heterocycles. The first-order valence-electron chi connectivity index (χ1n) is 13.4. The maximum absolute atomic E-state index is 14.6. The zero-order chi connectivity index (χ0) is 27.4. The van der Waals surface area contributed by atoms with E-state index in [0.29, 0.717) is 44.4 Å². The number of carbonyl (C=O) groups is 1. The van der Waals surface area contributed by atoms with Crippen molar-refractivity contribution in [1.82, 2.24) is 20.2 Å². The van der Waals surface area contributed by atoms with Crippen LogP contribution < -0.4 is 10.2 Å². The number of halogens is 4. The van der Waals surface area contributed by atoms with Gasteiger partial charge in [0.25, 0.3) is 0 Å². The summed E-state index contributed by atoms with van der Waals surface area (Å²) < 4.78 is 54.2. The number of benzene rings is 1. The van der Waals surface area contributed by atoms with Crippen LogP contribution in [0, 0.1) is 5.82 Å². The Labute approximate surface area is 220 Å². The van der Waals surface area contributed by atoms with Crippen LogP contribution in [-0.2, 0) is 11.0 Å². The molecule has 3 heterocycles. The summed E-state index contributed by atoms with van der Waals surface area (Å²) in [5, 5.41) is 3.47. The zero-order valence-electron chi connectivity index (χ0n) is 22.3. The summed E-state index contributed by atoms with van der Waals surface area (Å²) in [6.45, 7) is 10.5. The molecule has 0 spiro atoms. The van der Waals surface area contributed by atoms with Crippen LogP contribution in [-0.4, -0.2) is 58.5 Å². The highest BCUT2D eigenvalue weighted by atomic mass is 19.4. The number of nitrogens with zero attached hydrogens (tertiary/aromatic N) is 4. The molecule has 2 aromatic rings. The number of hydrogen-bond donors (Lipinski definition) is 1. The summed E-state index contributed by atoms with van der Waals surface area (Å²) in [5.41, 5.74) is 1.03. The van der Waals surface area contributed by atoms with E-state index in [2.05, 4.69) is 34.0 Å². The van der Waals surface area contributed by atoms with Gasteiger partial charge in [0.15, 0.2) is 0 Å². The Morgan fingerprint density at radius 1 is 1.11 bits per heavy atom. The van der Waals surface area contributed by atoms with E-state index in [4.69, 9.17) is 0 Å². The summed E-state index contributed by atoms with van der Waals surface area (Å²) in [4.78, 5) is 27.0. The Morgan fingerprint density at radius 2 is 1.82 bits per heavy atom. The highest BCUT2D eigenvalue weighted by Gasteiger charge is 2.42. The Hall–Kier alpha value is -2.75. The summed E-state index contributed by atoms with van der Waals surface area (Å²) in [6, 6.07) is 2.60. The van der Waals surface area contributed by atoms with E-state index in [-0.39, 0.29) is 23.1 Å². The van der Waals surface area contributed by atoms with Gasteiger partial charge in [0.2, 0.25) is 5.91 Å².